The fraction of sp³-hybridized carbons (Fsp3) is 0.600. The van der Waals surface area contributed by atoms with Gasteiger partial charge < -0.3 is 4.13 Å². The Kier molecular flexibility index (Phi) is 5.82. The molecule has 15 heteroatoms. The van der Waals surface area contributed by atoms with E-state index in [1.165, 1.54) is 0 Å². The maximum absolute atomic E-state index is 11.4. The zero-order chi connectivity index (χ0) is 16.2. The van der Waals surface area contributed by atoms with Crippen LogP contribution >= 0.6 is 0 Å². The first kappa shape index (κ1) is 18.9. The molecule has 0 radical (unpaired) electrons. The Balaban J connectivity index is 0.000000595. The van der Waals surface area contributed by atoms with Crippen LogP contribution in [-0.2, 0) is 20.0 Å². The molecular formula is C5H7F6N3O4S2. The molecule has 20 heavy (non-hydrogen) atoms. The van der Waals surface area contributed by atoms with E-state index in [0.29, 0.717) is 0 Å². The Bertz CT molecular complexity index is 500. The molecule has 0 aromatic rings. The van der Waals surface area contributed by atoms with E-state index in [0.717, 1.165) is 10.7 Å². The Morgan fingerprint density at radius 2 is 1.35 bits per heavy atom. The highest BCUT2D eigenvalue weighted by Gasteiger charge is 2.46. The van der Waals surface area contributed by atoms with Gasteiger partial charge in [0.25, 0.3) is 0 Å². The topological polar surface area (TPSA) is 111 Å². The zero-order valence-corrected chi connectivity index (χ0v) is 10.7. The van der Waals surface area contributed by atoms with E-state index < -0.39 is 31.1 Å². The van der Waals surface area contributed by atoms with Gasteiger partial charge in [-0.25, -0.2) is 27.7 Å². The first-order valence-corrected chi connectivity index (χ1v) is 7.18. The van der Waals surface area contributed by atoms with E-state index in [1.807, 2.05) is 11.6 Å². The Morgan fingerprint density at radius 1 is 0.950 bits per heavy atom. The molecule has 1 rings (SSSR count). The lowest BCUT2D eigenvalue weighted by atomic mass is 10.7. The molecule has 0 spiro atoms. The average molecular weight is 351 g/mol. The molecule has 0 aliphatic carbocycles. The molecule has 120 valence electrons. The standard InChI is InChI=1S/C3H6N2.C2F6NO4S2/c1-2-4-5-3-1;3-1(4,5)14(10,11)9-15(12,13)2(6,7)8/h1-2,4-5H,3H2;/q;-1/p+1. The van der Waals surface area contributed by atoms with Gasteiger partial charge in [-0.1, -0.05) is 0 Å². The van der Waals surface area contributed by atoms with Crippen molar-refractivity contribution >= 4 is 20.0 Å². The number of rotatable bonds is 2. The van der Waals surface area contributed by atoms with Crippen molar-refractivity contribution in [3.05, 3.63) is 16.4 Å². The molecule has 3 N–H and O–H groups in total. The van der Waals surface area contributed by atoms with Crippen LogP contribution in [-0.4, -0.2) is 34.4 Å². The second kappa shape index (κ2) is 6.15. The van der Waals surface area contributed by atoms with Crippen LogP contribution in [0.15, 0.2) is 12.3 Å². The molecule has 0 unspecified atom stereocenters. The van der Waals surface area contributed by atoms with Gasteiger partial charge in [-0.05, 0) is 6.08 Å². The summed E-state index contributed by atoms with van der Waals surface area (Å²) >= 11 is 0. The van der Waals surface area contributed by atoms with Gasteiger partial charge in [-0.2, -0.15) is 26.3 Å². The second-order valence-corrected chi connectivity index (χ2v) is 6.35. The third kappa shape index (κ3) is 5.51. The zero-order valence-electron chi connectivity index (χ0n) is 9.10. The minimum absolute atomic E-state index is 0.778. The van der Waals surface area contributed by atoms with E-state index in [2.05, 4.69) is 11.5 Å². The van der Waals surface area contributed by atoms with Crippen molar-refractivity contribution in [1.29, 1.82) is 0 Å². The second-order valence-electron chi connectivity index (χ2n) is 2.93. The molecule has 0 fully saturated rings. The van der Waals surface area contributed by atoms with Crippen LogP contribution < -0.4 is 10.9 Å². The summed E-state index contributed by atoms with van der Waals surface area (Å²) in [6.07, 6.45) is 4.00. The number of nitrogens with zero attached hydrogens (tertiary/aromatic N) is 1. The van der Waals surface area contributed by atoms with Crippen molar-refractivity contribution in [2.75, 3.05) is 6.54 Å². The van der Waals surface area contributed by atoms with E-state index in [-0.39, 0.29) is 0 Å². The summed E-state index contributed by atoms with van der Waals surface area (Å²) in [7, 11) is -13.4. The normalized spacial score (nSPS) is 16.3. The summed E-state index contributed by atoms with van der Waals surface area (Å²) in [5.74, 6) is 0. The number of hydrogen-bond acceptors (Lipinski definition) is 5. The molecular weight excluding hydrogens is 344 g/mol. The minimum atomic E-state index is -6.72. The van der Waals surface area contributed by atoms with E-state index in [1.54, 1.807) is 0 Å². The lowest BCUT2D eigenvalue weighted by Crippen LogP contribution is -2.89. The van der Waals surface area contributed by atoms with Crippen LogP contribution in [0.3, 0.4) is 0 Å². The van der Waals surface area contributed by atoms with Gasteiger partial charge >= 0.3 is 11.0 Å². The number of sulfonamides is 2. The number of hydrogen-bond donors (Lipinski definition) is 2. The summed E-state index contributed by atoms with van der Waals surface area (Å²) in [6, 6.07) is 0. The number of halogens is 6. The van der Waals surface area contributed by atoms with E-state index >= 15 is 0 Å². The van der Waals surface area contributed by atoms with Crippen LogP contribution in [0.2, 0.25) is 0 Å². The number of nitrogens with one attached hydrogen (secondary N) is 1. The lowest BCUT2D eigenvalue weighted by molar-refractivity contribution is -0.686. The third-order valence-electron chi connectivity index (χ3n) is 1.37. The maximum Gasteiger partial charge on any atom is 0.480 e. The first-order chi connectivity index (χ1) is 8.71. The van der Waals surface area contributed by atoms with Gasteiger partial charge in [0.15, 0.2) is 20.0 Å². The SMILES string of the molecule is C1=CN[NH2+]C1.O=S(=O)([N-]S(=O)(=O)C(F)(F)F)C(F)(F)F. The quantitative estimate of drug-likeness (QED) is 0.521. The molecule has 1 aliphatic heterocycles. The molecule has 0 atom stereocenters. The predicted molar refractivity (Wildman–Crippen MR) is 52.4 cm³/mol. The molecule has 7 nitrogen and oxygen atoms in total. The molecule has 0 amide bonds. The summed E-state index contributed by atoms with van der Waals surface area (Å²) in [4.78, 5) is 0. The Labute approximate surface area is 109 Å². The van der Waals surface area contributed by atoms with Crippen molar-refractivity contribution in [2.24, 2.45) is 0 Å². The van der Waals surface area contributed by atoms with Gasteiger partial charge in [0.1, 0.15) is 6.54 Å². The number of quaternary nitrogens is 1. The van der Waals surface area contributed by atoms with Gasteiger partial charge in [0, 0.05) is 0 Å². The van der Waals surface area contributed by atoms with Crippen molar-refractivity contribution in [3.8, 4) is 0 Å². The summed E-state index contributed by atoms with van der Waals surface area (Å²) in [5.41, 5.74) is -7.49. The van der Waals surface area contributed by atoms with Crippen LogP contribution in [0.5, 0.6) is 0 Å². The Morgan fingerprint density at radius 3 is 1.50 bits per heavy atom. The molecule has 0 aromatic carbocycles. The molecule has 0 saturated heterocycles. The van der Waals surface area contributed by atoms with E-state index in [9.17, 15) is 43.2 Å². The smallest absolute Gasteiger partial charge is 0.421 e. The Hall–Kier alpha value is -1.06. The van der Waals surface area contributed by atoms with Crippen LogP contribution in [0.25, 0.3) is 4.13 Å². The van der Waals surface area contributed by atoms with Crippen molar-refractivity contribution in [1.82, 2.24) is 5.43 Å². The lowest BCUT2D eigenvalue weighted by Gasteiger charge is -2.22. The summed E-state index contributed by atoms with van der Waals surface area (Å²) in [5, 5.41) is 0. The van der Waals surface area contributed by atoms with Crippen LogP contribution in [0, 0.1) is 0 Å². The largest absolute Gasteiger partial charge is 0.480 e. The van der Waals surface area contributed by atoms with Gasteiger partial charge in [-0.15, -0.1) is 0 Å². The van der Waals surface area contributed by atoms with Gasteiger partial charge in [0.05, 0.1) is 6.20 Å². The number of alkyl halides is 6. The van der Waals surface area contributed by atoms with Crippen molar-refractivity contribution in [3.63, 3.8) is 0 Å². The molecule has 0 saturated carbocycles. The molecule has 0 bridgehead atoms. The highest BCUT2D eigenvalue weighted by molar-refractivity contribution is 8.13. The van der Waals surface area contributed by atoms with Crippen LogP contribution in [0.4, 0.5) is 26.3 Å². The predicted octanol–water partition coefficient (Wildman–Crippen LogP) is -0.359. The summed E-state index contributed by atoms with van der Waals surface area (Å²) < 4.78 is 109. The van der Waals surface area contributed by atoms with Crippen LogP contribution in [0.1, 0.15) is 0 Å². The minimum Gasteiger partial charge on any atom is -0.421 e. The first-order valence-electron chi connectivity index (χ1n) is 4.30. The van der Waals surface area contributed by atoms with Gasteiger partial charge in [0.2, 0.25) is 0 Å². The number of nitrogens with two attached hydrogens (primary N) is 1. The monoisotopic (exact) mass is 351 g/mol. The van der Waals surface area contributed by atoms with E-state index in [4.69, 9.17) is 0 Å². The highest BCUT2D eigenvalue weighted by Crippen LogP contribution is 2.36. The summed E-state index contributed by atoms with van der Waals surface area (Å²) in [6.45, 7) is 1.08. The molecule has 1 heterocycles. The maximum atomic E-state index is 11.4. The highest BCUT2D eigenvalue weighted by atomic mass is 32.3. The fourth-order valence-corrected chi connectivity index (χ4v) is 2.26. The van der Waals surface area contributed by atoms with Gasteiger partial charge in [-0.3, -0.25) is 0 Å². The third-order valence-corrected chi connectivity index (χ3v) is 4.11. The molecule has 0 aromatic heterocycles. The van der Waals surface area contributed by atoms with Crippen molar-refractivity contribution in [2.45, 2.75) is 11.0 Å². The fourth-order valence-electron chi connectivity index (χ4n) is 0.554. The molecule has 1 aliphatic rings. The average Bonchev–Trinajstić information content (AvgIpc) is 2.68. The van der Waals surface area contributed by atoms with Crippen molar-refractivity contribution < 1.29 is 48.6 Å².